The third-order valence-electron chi connectivity index (χ3n) is 4.87. The molecular weight excluding hydrogens is 324 g/mol. The number of rotatable bonds is 7. The molecule has 4 rings (SSSR count). The standard InChI is InChI=1S/C21H22N4O/c26-21(19-9-5-4-8-18(19)13-25-15-22-14-23-25)24-20(17-10-11-17)12-16-6-2-1-3-7-16/h1-9,14-15,17,20H,10-13H2,(H,24,26)/t20-/m0/s1. The molecule has 0 aliphatic heterocycles. The van der Waals surface area contributed by atoms with E-state index < -0.39 is 0 Å². The van der Waals surface area contributed by atoms with Crippen molar-refractivity contribution in [3.8, 4) is 0 Å². The minimum atomic E-state index is -0.00598. The van der Waals surface area contributed by atoms with Crippen LogP contribution >= 0.6 is 0 Å². The lowest BCUT2D eigenvalue weighted by atomic mass is 10.0. The van der Waals surface area contributed by atoms with Crippen LogP contribution in [-0.2, 0) is 13.0 Å². The first-order valence-electron chi connectivity index (χ1n) is 9.05. The highest BCUT2D eigenvalue weighted by atomic mass is 16.1. The van der Waals surface area contributed by atoms with Crippen molar-refractivity contribution in [2.24, 2.45) is 5.92 Å². The van der Waals surface area contributed by atoms with Gasteiger partial charge >= 0.3 is 0 Å². The maximum absolute atomic E-state index is 13.0. The molecule has 3 aromatic rings. The number of benzene rings is 2. The van der Waals surface area contributed by atoms with E-state index >= 15 is 0 Å². The van der Waals surface area contributed by atoms with Crippen molar-refractivity contribution in [1.82, 2.24) is 20.1 Å². The fraction of sp³-hybridized carbons (Fsp3) is 0.286. The number of nitrogens with one attached hydrogen (secondary N) is 1. The Morgan fingerprint density at radius 2 is 1.88 bits per heavy atom. The van der Waals surface area contributed by atoms with Crippen LogP contribution in [0.2, 0.25) is 0 Å². The van der Waals surface area contributed by atoms with E-state index in [-0.39, 0.29) is 11.9 Å². The molecule has 1 fully saturated rings. The number of nitrogens with zero attached hydrogens (tertiary/aromatic N) is 3. The predicted molar refractivity (Wildman–Crippen MR) is 99.7 cm³/mol. The van der Waals surface area contributed by atoms with Crippen molar-refractivity contribution in [2.45, 2.75) is 31.8 Å². The molecule has 2 aromatic carbocycles. The van der Waals surface area contributed by atoms with Crippen LogP contribution in [0.3, 0.4) is 0 Å². The third-order valence-corrected chi connectivity index (χ3v) is 4.87. The van der Waals surface area contributed by atoms with Crippen molar-refractivity contribution >= 4 is 5.91 Å². The number of amides is 1. The Kier molecular flexibility index (Phi) is 4.78. The second-order valence-corrected chi connectivity index (χ2v) is 6.86. The molecule has 1 N–H and O–H groups in total. The Morgan fingerprint density at radius 3 is 2.62 bits per heavy atom. The largest absolute Gasteiger partial charge is 0.349 e. The maximum atomic E-state index is 13.0. The first-order chi connectivity index (χ1) is 12.8. The Hall–Kier alpha value is -2.95. The van der Waals surface area contributed by atoms with Crippen molar-refractivity contribution in [3.63, 3.8) is 0 Å². The SMILES string of the molecule is O=C(N[C@@H](Cc1ccccc1)C1CC1)c1ccccc1Cn1cncn1. The Balaban J connectivity index is 1.50. The second-order valence-electron chi connectivity index (χ2n) is 6.86. The molecule has 1 aliphatic carbocycles. The summed E-state index contributed by atoms with van der Waals surface area (Å²) >= 11 is 0. The van der Waals surface area contributed by atoms with E-state index in [0.29, 0.717) is 18.0 Å². The van der Waals surface area contributed by atoms with Gasteiger partial charge in [-0.25, -0.2) is 9.67 Å². The average Bonchev–Trinajstić information content (AvgIpc) is 3.40. The lowest BCUT2D eigenvalue weighted by Crippen LogP contribution is -2.38. The molecule has 1 aromatic heterocycles. The van der Waals surface area contributed by atoms with Gasteiger partial charge in [-0.15, -0.1) is 0 Å². The first kappa shape index (κ1) is 16.5. The summed E-state index contributed by atoms with van der Waals surface area (Å²) in [5.41, 5.74) is 2.92. The van der Waals surface area contributed by atoms with Gasteiger partial charge in [-0.1, -0.05) is 48.5 Å². The minimum Gasteiger partial charge on any atom is -0.349 e. The van der Waals surface area contributed by atoms with Crippen LogP contribution in [0.1, 0.15) is 34.3 Å². The molecule has 0 spiro atoms. The Morgan fingerprint density at radius 1 is 1.12 bits per heavy atom. The highest BCUT2D eigenvalue weighted by Crippen LogP contribution is 2.34. The van der Waals surface area contributed by atoms with Gasteiger partial charge in [0, 0.05) is 11.6 Å². The van der Waals surface area contributed by atoms with Gasteiger partial charge in [-0.05, 0) is 42.4 Å². The smallest absolute Gasteiger partial charge is 0.251 e. The van der Waals surface area contributed by atoms with Gasteiger partial charge in [0.25, 0.3) is 5.91 Å². The van der Waals surface area contributed by atoms with Crippen LogP contribution in [0.15, 0.2) is 67.3 Å². The molecule has 5 nitrogen and oxygen atoms in total. The molecule has 132 valence electrons. The topological polar surface area (TPSA) is 59.8 Å². The molecule has 1 atom stereocenters. The van der Waals surface area contributed by atoms with Gasteiger partial charge in [-0.3, -0.25) is 4.79 Å². The van der Waals surface area contributed by atoms with Crippen LogP contribution in [0.4, 0.5) is 0 Å². The van der Waals surface area contributed by atoms with E-state index in [1.54, 1.807) is 11.0 Å². The summed E-state index contributed by atoms with van der Waals surface area (Å²) in [5.74, 6) is 0.579. The highest BCUT2D eigenvalue weighted by molar-refractivity contribution is 5.95. The second kappa shape index (κ2) is 7.52. The van der Waals surface area contributed by atoms with Crippen molar-refractivity contribution in [2.75, 3.05) is 0 Å². The minimum absolute atomic E-state index is 0.00598. The summed E-state index contributed by atoms with van der Waals surface area (Å²) in [6.07, 6.45) is 6.43. The monoisotopic (exact) mass is 346 g/mol. The van der Waals surface area contributed by atoms with E-state index in [4.69, 9.17) is 0 Å². The summed E-state index contributed by atoms with van der Waals surface area (Å²) in [7, 11) is 0. The number of carbonyl (C=O) groups is 1. The molecule has 1 heterocycles. The molecule has 1 amide bonds. The normalized spacial score (nSPS) is 14.8. The fourth-order valence-electron chi connectivity index (χ4n) is 3.32. The van der Waals surface area contributed by atoms with Crippen molar-refractivity contribution in [1.29, 1.82) is 0 Å². The zero-order valence-electron chi connectivity index (χ0n) is 14.6. The zero-order valence-corrected chi connectivity index (χ0v) is 14.6. The average molecular weight is 346 g/mol. The van der Waals surface area contributed by atoms with Gasteiger partial charge in [0.1, 0.15) is 12.7 Å². The highest BCUT2D eigenvalue weighted by Gasteiger charge is 2.32. The summed E-state index contributed by atoms with van der Waals surface area (Å²) in [5, 5.41) is 7.42. The lowest BCUT2D eigenvalue weighted by Gasteiger charge is -2.19. The summed E-state index contributed by atoms with van der Waals surface area (Å²) in [4.78, 5) is 16.9. The molecule has 0 unspecified atom stereocenters. The van der Waals surface area contributed by atoms with E-state index in [0.717, 1.165) is 12.0 Å². The molecule has 1 saturated carbocycles. The van der Waals surface area contributed by atoms with Gasteiger partial charge in [-0.2, -0.15) is 5.10 Å². The van der Waals surface area contributed by atoms with Crippen LogP contribution in [0.25, 0.3) is 0 Å². The molecule has 0 radical (unpaired) electrons. The molecular formula is C21H22N4O. The van der Waals surface area contributed by atoms with Gasteiger partial charge in [0.15, 0.2) is 0 Å². The van der Waals surface area contributed by atoms with Crippen molar-refractivity contribution in [3.05, 3.63) is 83.9 Å². The van der Waals surface area contributed by atoms with Gasteiger partial charge in [0.2, 0.25) is 0 Å². The first-order valence-corrected chi connectivity index (χ1v) is 9.05. The van der Waals surface area contributed by atoms with Crippen LogP contribution < -0.4 is 5.32 Å². The number of aromatic nitrogens is 3. The van der Waals surface area contributed by atoms with E-state index in [1.807, 2.05) is 30.3 Å². The number of hydrogen-bond donors (Lipinski definition) is 1. The summed E-state index contributed by atoms with van der Waals surface area (Å²) < 4.78 is 1.73. The maximum Gasteiger partial charge on any atom is 0.251 e. The van der Waals surface area contributed by atoms with Gasteiger partial charge < -0.3 is 5.32 Å². The van der Waals surface area contributed by atoms with Crippen LogP contribution in [0, 0.1) is 5.92 Å². The summed E-state index contributed by atoms with van der Waals surface area (Å²) in [6.45, 7) is 0.538. The van der Waals surface area contributed by atoms with Crippen LogP contribution in [-0.4, -0.2) is 26.7 Å². The van der Waals surface area contributed by atoms with E-state index in [2.05, 4.69) is 39.7 Å². The van der Waals surface area contributed by atoms with Crippen molar-refractivity contribution < 1.29 is 4.79 Å². The molecule has 1 aliphatic rings. The molecule has 26 heavy (non-hydrogen) atoms. The molecule has 0 saturated heterocycles. The number of hydrogen-bond acceptors (Lipinski definition) is 3. The predicted octanol–water partition coefficient (Wildman–Crippen LogP) is 3.08. The Bertz CT molecular complexity index is 857. The Labute approximate surface area is 153 Å². The molecule has 5 heteroatoms. The van der Waals surface area contributed by atoms with Crippen LogP contribution in [0.5, 0.6) is 0 Å². The van der Waals surface area contributed by atoms with E-state index in [1.165, 1.54) is 24.7 Å². The third kappa shape index (κ3) is 3.99. The number of carbonyl (C=O) groups excluding carboxylic acids is 1. The van der Waals surface area contributed by atoms with E-state index in [9.17, 15) is 4.79 Å². The van der Waals surface area contributed by atoms with Gasteiger partial charge in [0.05, 0.1) is 6.54 Å². The quantitative estimate of drug-likeness (QED) is 0.715. The molecule has 0 bridgehead atoms. The zero-order chi connectivity index (χ0) is 17.8. The lowest BCUT2D eigenvalue weighted by molar-refractivity contribution is 0.0931. The fourth-order valence-corrected chi connectivity index (χ4v) is 3.32. The summed E-state index contributed by atoms with van der Waals surface area (Å²) in [6, 6.07) is 18.3.